The van der Waals surface area contributed by atoms with Crippen molar-refractivity contribution in [2.75, 3.05) is 6.61 Å². The number of allylic oxidation sites excluding steroid dienone is 1. The maximum atomic E-state index is 12.5. The number of ether oxygens (including phenoxy) is 2. The molecule has 2 aromatic carbocycles. The molecule has 0 unspecified atom stereocenters. The van der Waals surface area contributed by atoms with E-state index in [1.807, 2.05) is 50.2 Å². The van der Waals surface area contributed by atoms with Crippen LogP contribution in [0.2, 0.25) is 0 Å². The van der Waals surface area contributed by atoms with Gasteiger partial charge in [0, 0.05) is 6.08 Å². The van der Waals surface area contributed by atoms with Crippen molar-refractivity contribution < 1.29 is 19.1 Å². The molecule has 2 aromatic rings. The number of amides is 1. The third-order valence-electron chi connectivity index (χ3n) is 4.83. The summed E-state index contributed by atoms with van der Waals surface area (Å²) < 4.78 is 11.9. The van der Waals surface area contributed by atoms with E-state index in [2.05, 4.69) is 4.99 Å². The van der Waals surface area contributed by atoms with Gasteiger partial charge in [0.2, 0.25) is 0 Å². The lowest BCUT2D eigenvalue weighted by Crippen LogP contribution is -2.38. The second-order valence-electron chi connectivity index (χ2n) is 7.13. The average molecular weight is 417 g/mol. The molecule has 0 spiro atoms. The van der Waals surface area contributed by atoms with Gasteiger partial charge in [-0.2, -0.15) is 4.99 Å². The third kappa shape index (κ3) is 4.21. The second-order valence-corrected chi connectivity index (χ2v) is 7.13. The van der Waals surface area contributed by atoms with Gasteiger partial charge in [-0.1, -0.05) is 36.4 Å². The fourth-order valence-corrected chi connectivity index (χ4v) is 3.33. The van der Waals surface area contributed by atoms with E-state index >= 15 is 0 Å². The highest BCUT2D eigenvalue weighted by Crippen LogP contribution is 2.33. The number of fused-ring (bicyclic) bond motifs is 1. The summed E-state index contributed by atoms with van der Waals surface area (Å²) in [5.41, 5.74) is 1.89. The van der Waals surface area contributed by atoms with Crippen LogP contribution in [0.5, 0.6) is 11.5 Å². The van der Waals surface area contributed by atoms with Crippen molar-refractivity contribution in [3.05, 3.63) is 77.1 Å². The molecular weight excluding hydrogens is 394 g/mol. The SMILES string of the molecule is CCOc1cc(/C=C2/C(=N)N3OC(C)=CC3=NC2=O)ccc1O[C@@H](C)c1ccccc1. The minimum absolute atomic E-state index is 0.0564. The zero-order valence-electron chi connectivity index (χ0n) is 17.6. The normalized spacial score (nSPS) is 17.6. The van der Waals surface area contributed by atoms with Gasteiger partial charge in [0.25, 0.3) is 5.91 Å². The van der Waals surface area contributed by atoms with Crippen molar-refractivity contribution in [2.45, 2.75) is 26.9 Å². The molecule has 2 heterocycles. The Bertz CT molecular complexity index is 1120. The van der Waals surface area contributed by atoms with Crippen molar-refractivity contribution >= 4 is 23.7 Å². The monoisotopic (exact) mass is 417 g/mol. The molecule has 0 radical (unpaired) electrons. The first-order valence-electron chi connectivity index (χ1n) is 10.0. The molecule has 0 fully saturated rings. The van der Waals surface area contributed by atoms with Crippen LogP contribution in [0.3, 0.4) is 0 Å². The summed E-state index contributed by atoms with van der Waals surface area (Å²) in [6.45, 7) is 6.08. The largest absolute Gasteiger partial charge is 0.490 e. The highest BCUT2D eigenvalue weighted by molar-refractivity contribution is 6.32. The number of aliphatic imine (C=N–C) groups is 1. The first-order valence-corrected chi connectivity index (χ1v) is 10.0. The second kappa shape index (κ2) is 8.47. The lowest BCUT2D eigenvalue weighted by Gasteiger charge is -2.23. The Morgan fingerprint density at radius 1 is 1.19 bits per heavy atom. The van der Waals surface area contributed by atoms with Crippen molar-refractivity contribution in [1.82, 2.24) is 5.06 Å². The van der Waals surface area contributed by atoms with Gasteiger partial charge in [-0.25, -0.2) is 0 Å². The maximum absolute atomic E-state index is 12.5. The standard InChI is InChI=1S/C24H23N3O4/c1-4-29-21-14-17(10-11-20(21)30-16(3)18-8-6-5-7-9-18)13-19-23(25)27-22(26-24(19)28)12-15(2)31-27/h5-14,16,25H,4H2,1-3H3/b19-13-,25-23?/t16-/m0/s1. The summed E-state index contributed by atoms with van der Waals surface area (Å²) in [5.74, 6) is 1.52. The Balaban J connectivity index is 1.61. The molecule has 7 nitrogen and oxygen atoms in total. The maximum Gasteiger partial charge on any atom is 0.282 e. The number of benzene rings is 2. The molecule has 0 saturated carbocycles. The van der Waals surface area contributed by atoms with Crippen LogP contribution in [0.15, 0.2) is 70.9 Å². The molecule has 0 bridgehead atoms. The fraction of sp³-hybridized carbons (Fsp3) is 0.208. The van der Waals surface area contributed by atoms with Gasteiger partial charge in [-0.15, -0.1) is 5.06 Å². The van der Waals surface area contributed by atoms with E-state index in [9.17, 15) is 4.79 Å². The molecule has 0 aliphatic carbocycles. The summed E-state index contributed by atoms with van der Waals surface area (Å²) >= 11 is 0. The van der Waals surface area contributed by atoms with Crippen LogP contribution in [0.1, 0.15) is 38.0 Å². The van der Waals surface area contributed by atoms with Gasteiger partial charge in [0.1, 0.15) is 11.9 Å². The van der Waals surface area contributed by atoms with Crippen LogP contribution >= 0.6 is 0 Å². The summed E-state index contributed by atoms with van der Waals surface area (Å²) in [6.07, 6.45) is 3.07. The molecular formula is C24H23N3O4. The van der Waals surface area contributed by atoms with Crippen LogP contribution in [0, 0.1) is 5.41 Å². The van der Waals surface area contributed by atoms with Crippen LogP contribution in [-0.2, 0) is 9.63 Å². The van der Waals surface area contributed by atoms with Gasteiger partial charge < -0.3 is 14.3 Å². The Labute approximate surface area is 180 Å². The number of hydrogen-bond acceptors (Lipinski definition) is 5. The molecule has 0 saturated heterocycles. The molecule has 31 heavy (non-hydrogen) atoms. The first-order chi connectivity index (χ1) is 15.0. The molecule has 2 aliphatic heterocycles. The van der Waals surface area contributed by atoms with Gasteiger partial charge in [0.15, 0.2) is 23.2 Å². The van der Waals surface area contributed by atoms with Crippen LogP contribution in [0.25, 0.3) is 6.08 Å². The van der Waals surface area contributed by atoms with Gasteiger partial charge in [0.05, 0.1) is 12.2 Å². The number of carbonyl (C=O) groups excluding carboxylic acids is 1. The first kappa shape index (κ1) is 20.4. The van der Waals surface area contributed by atoms with E-state index in [1.165, 1.54) is 5.06 Å². The van der Waals surface area contributed by atoms with Crippen LogP contribution in [-0.4, -0.2) is 29.2 Å². The number of hydroxylamine groups is 2. The van der Waals surface area contributed by atoms with E-state index in [0.29, 0.717) is 35.3 Å². The summed E-state index contributed by atoms with van der Waals surface area (Å²) in [4.78, 5) is 21.9. The van der Waals surface area contributed by atoms with Gasteiger partial charge in [-0.05, 0) is 50.1 Å². The summed E-state index contributed by atoms with van der Waals surface area (Å²) in [5, 5.41) is 9.59. The Hall–Kier alpha value is -3.87. The summed E-state index contributed by atoms with van der Waals surface area (Å²) in [6, 6.07) is 15.3. The number of carbonyl (C=O) groups is 1. The number of nitrogens with one attached hydrogen (secondary N) is 1. The van der Waals surface area contributed by atoms with Gasteiger partial charge >= 0.3 is 0 Å². The predicted octanol–water partition coefficient (Wildman–Crippen LogP) is 4.68. The minimum Gasteiger partial charge on any atom is -0.490 e. The molecule has 1 N–H and O–H groups in total. The smallest absolute Gasteiger partial charge is 0.282 e. The topological polar surface area (TPSA) is 84.2 Å². The average Bonchev–Trinajstić information content (AvgIpc) is 3.14. The number of hydrogen-bond donors (Lipinski definition) is 1. The van der Waals surface area contributed by atoms with Crippen molar-refractivity contribution in [3.8, 4) is 11.5 Å². The van der Waals surface area contributed by atoms with Crippen molar-refractivity contribution in [3.63, 3.8) is 0 Å². The minimum atomic E-state index is -0.484. The zero-order chi connectivity index (χ0) is 22.0. The van der Waals surface area contributed by atoms with E-state index in [1.54, 1.807) is 31.2 Å². The molecule has 4 rings (SSSR count). The zero-order valence-corrected chi connectivity index (χ0v) is 17.6. The molecule has 7 heteroatoms. The van der Waals surface area contributed by atoms with Gasteiger partial charge in [-0.3, -0.25) is 10.2 Å². The highest BCUT2D eigenvalue weighted by Gasteiger charge is 2.34. The Morgan fingerprint density at radius 2 is 1.97 bits per heavy atom. The Morgan fingerprint density at radius 3 is 2.71 bits per heavy atom. The van der Waals surface area contributed by atoms with Crippen molar-refractivity contribution in [2.24, 2.45) is 4.99 Å². The molecule has 158 valence electrons. The highest BCUT2D eigenvalue weighted by atomic mass is 16.7. The number of rotatable bonds is 6. The van der Waals surface area contributed by atoms with E-state index in [-0.39, 0.29) is 17.5 Å². The third-order valence-corrected chi connectivity index (χ3v) is 4.83. The Kier molecular flexibility index (Phi) is 5.58. The van der Waals surface area contributed by atoms with Crippen LogP contribution < -0.4 is 9.47 Å². The predicted molar refractivity (Wildman–Crippen MR) is 118 cm³/mol. The number of nitrogens with zero attached hydrogens (tertiary/aromatic N) is 2. The lowest BCUT2D eigenvalue weighted by atomic mass is 10.1. The van der Waals surface area contributed by atoms with E-state index in [0.717, 1.165) is 5.56 Å². The van der Waals surface area contributed by atoms with E-state index < -0.39 is 5.91 Å². The molecule has 1 atom stereocenters. The van der Waals surface area contributed by atoms with Crippen LogP contribution in [0.4, 0.5) is 0 Å². The molecule has 0 aromatic heterocycles. The lowest BCUT2D eigenvalue weighted by molar-refractivity contribution is -0.114. The van der Waals surface area contributed by atoms with Crippen molar-refractivity contribution in [1.29, 1.82) is 5.41 Å². The molecule has 1 amide bonds. The summed E-state index contributed by atoms with van der Waals surface area (Å²) in [7, 11) is 0. The van der Waals surface area contributed by atoms with E-state index in [4.69, 9.17) is 19.7 Å². The quantitative estimate of drug-likeness (QED) is 0.690. The number of amidine groups is 2. The fourth-order valence-electron chi connectivity index (χ4n) is 3.33. The molecule has 2 aliphatic rings.